The van der Waals surface area contributed by atoms with Crippen molar-refractivity contribution >= 4 is 22.9 Å². The van der Waals surface area contributed by atoms with Gasteiger partial charge in [0.2, 0.25) is 0 Å². The van der Waals surface area contributed by atoms with E-state index in [2.05, 4.69) is 42.2 Å². The third-order valence-electron chi connectivity index (χ3n) is 6.07. The van der Waals surface area contributed by atoms with Gasteiger partial charge in [-0.3, -0.25) is 9.69 Å². The number of likely N-dealkylation sites (tertiary alicyclic amines) is 1. The molecule has 32 heavy (non-hydrogen) atoms. The number of methoxy groups -OCH3 is 2. The highest BCUT2D eigenvalue weighted by atomic mass is 32.1. The topological polar surface area (TPSA) is 42.0 Å². The molecule has 0 spiro atoms. The molecule has 3 aromatic rings. The minimum Gasteiger partial charge on any atom is -0.497 e. The van der Waals surface area contributed by atoms with Crippen LogP contribution in [0.3, 0.4) is 0 Å². The summed E-state index contributed by atoms with van der Waals surface area (Å²) in [5.74, 6) is 1.74. The maximum Gasteiger partial charge on any atom is 0.268 e. The molecule has 0 N–H and O–H groups in total. The van der Waals surface area contributed by atoms with Crippen molar-refractivity contribution in [3.05, 3.63) is 76.0 Å². The number of aryl methyl sites for hydroxylation is 1. The van der Waals surface area contributed by atoms with Gasteiger partial charge in [0.25, 0.3) is 5.91 Å². The van der Waals surface area contributed by atoms with E-state index in [1.807, 2.05) is 34.5 Å². The first-order valence-electron chi connectivity index (χ1n) is 11.0. The maximum atomic E-state index is 13.4. The second-order valence-corrected chi connectivity index (χ2v) is 9.12. The molecule has 4 rings (SSSR count). The Morgan fingerprint density at radius 2 is 1.81 bits per heavy atom. The predicted octanol–water partition coefficient (Wildman–Crippen LogP) is 5.39. The van der Waals surface area contributed by atoms with Gasteiger partial charge >= 0.3 is 0 Å². The number of amides is 1. The highest BCUT2D eigenvalue weighted by molar-refractivity contribution is 7.12. The van der Waals surface area contributed by atoms with Gasteiger partial charge in [0, 0.05) is 43.0 Å². The van der Waals surface area contributed by atoms with Crippen molar-refractivity contribution < 1.29 is 14.3 Å². The van der Waals surface area contributed by atoms with Crippen molar-refractivity contribution in [2.24, 2.45) is 0 Å². The van der Waals surface area contributed by atoms with Gasteiger partial charge in [0.05, 0.1) is 19.1 Å². The lowest BCUT2D eigenvalue weighted by molar-refractivity contribution is 0.0962. The summed E-state index contributed by atoms with van der Waals surface area (Å²) in [7, 11) is 3.36. The van der Waals surface area contributed by atoms with Crippen molar-refractivity contribution in [2.75, 3.05) is 32.2 Å². The summed E-state index contributed by atoms with van der Waals surface area (Å²) >= 11 is 1.50. The van der Waals surface area contributed by atoms with Crippen LogP contribution in [0, 0.1) is 6.92 Å². The molecule has 1 aromatic heterocycles. The largest absolute Gasteiger partial charge is 0.497 e. The molecule has 1 aliphatic rings. The number of benzene rings is 2. The number of carbonyl (C=O) groups excluding carboxylic acids is 1. The highest BCUT2D eigenvalue weighted by Crippen LogP contribution is 2.30. The second-order valence-electron chi connectivity index (χ2n) is 8.17. The van der Waals surface area contributed by atoms with E-state index in [1.165, 1.54) is 16.9 Å². The normalized spacial score (nSPS) is 14.8. The van der Waals surface area contributed by atoms with Crippen LogP contribution in [-0.4, -0.2) is 44.2 Å². The molecule has 0 bridgehead atoms. The average molecular weight is 451 g/mol. The number of carbonyl (C=O) groups is 1. The Bertz CT molecular complexity index is 1030. The lowest BCUT2D eigenvalue weighted by Gasteiger charge is -2.38. The van der Waals surface area contributed by atoms with E-state index in [0.717, 1.165) is 60.1 Å². The lowest BCUT2D eigenvalue weighted by Crippen LogP contribution is -2.47. The summed E-state index contributed by atoms with van der Waals surface area (Å²) in [4.78, 5) is 18.6. The minimum absolute atomic E-state index is 0.0964. The smallest absolute Gasteiger partial charge is 0.268 e. The van der Waals surface area contributed by atoms with Crippen LogP contribution in [0.4, 0.5) is 5.69 Å². The first kappa shape index (κ1) is 22.4. The number of thiophene rings is 1. The van der Waals surface area contributed by atoms with Gasteiger partial charge in [-0.2, -0.15) is 0 Å². The van der Waals surface area contributed by atoms with Crippen molar-refractivity contribution in [2.45, 2.75) is 32.4 Å². The molecule has 0 saturated carbocycles. The molecule has 0 radical (unpaired) electrons. The van der Waals surface area contributed by atoms with E-state index in [1.54, 1.807) is 14.2 Å². The third-order valence-corrected chi connectivity index (χ3v) is 6.93. The fourth-order valence-electron chi connectivity index (χ4n) is 4.28. The van der Waals surface area contributed by atoms with E-state index in [9.17, 15) is 4.79 Å². The van der Waals surface area contributed by atoms with Gasteiger partial charge in [-0.15, -0.1) is 11.3 Å². The molecule has 6 heteroatoms. The first-order valence-corrected chi connectivity index (χ1v) is 11.8. The molecule has 0 aliphatic carbocycles. The van der Waals surface area contributed by atoms with Crippen LogP contribution in [0.15, 0.2) is 60.0 Å². The zero-order valence-corrected chi connectivity index (χ0v) is 19.7. The fourth-order valence-corrected chi connectivity index (χ4v) is 4.94. The first-order chi connectivity index (χ1) is 15.6. The van der Waals surface area contributed by atoms with E-state index < -0.39 is 0 Å². The molecule has 1 saturated heterocycles. The Morgan fingerprint density at radius 1 is 1.06 bits per heavy atom. The number of rotatable bonds is 7. The van der Waals surface area contributed by atoms with Gasteiger partial charge in [0.15, 0.2) is 0 Å². The maximum absolute atomic E-state index is 13.4. The molecule has 168 valence electrons. The highest BCUT2D eigenvalue weighted by Gasteiger charge is 2.30. The van der Waals surface area contributed by atoms with Gasteiger partial charge in [-0.25, -0.2) is 0 Å². The van der Waals surface area contributed by atoms with E-state index in [-0.39, 0.29) is 11.9 Å². The number of nitrogens with zero attached hydrogens (tertiary/aromatic N) is 2. The zero-order valence-electron chi connectivity index (χ0n) is 18.9. The van der Waals surface area contributed by atoms with E-state index in [0.29, 0.717) is 0 Å². The molecule has 2 aromatic carbocycles. The zero-order chi connectivity index (χ0) is 22.5. The summed E-state index contributed by atoms with van der Waals surface area (Å²) in [5.41, 5.74) is 3.32. The van der Waals surface area contributed by atoms with Crippen molar-refractivity contribution in [1.29, 1.82) is 0 Å². The number of hydrogen-bond acceptors (Lipinski definition) is 5. The van der Waals surface area contributed by atoms with Gasteiger partial charge < -0.3 is 14.4 Å². The Morgan fingerprint density at radius 3 is 2.44 bits per heavy atom. The Kier molecular flexibility index (Phi) is 7.12. The monoisotopic (exact) mass is 450 g/mol. The summed E-state index contributed by atoms with van der Waals surface area (Å²) in [6, 6.07) is 18.3. The van der Waals surface area contributed by atoms with Crippen LogP contribution in [0.2, 0.25) is 0 Å². The number of piperidine rings is 1. The molecular weight excluding hydrogens is 420 g/mol. The molecule has 0 unspecified atom stereocenters. The SMILES string of the molecule is COc1ccc(CN2CCC(N(C(=O)c3cccs3)c3ccc(C)cc3)CC2)c(OC)c1. The van der Waals surface area contributed by atoms with Crippen LogP contribution in [0.1, 0.15) is 33.6 Å². The van der Waals surface area contributed by atoms with Crippen molar-refractivity contribution in [3.63, 3.8) is 0 Å². The van der Waals surface area contributed by atoms with Gasteiger partial charge in [0.1, 0.15) is 11.5 Å². The molecule has 0 atom stereocenters. The van der Waals surface area contributed by atoms with Crippen LogP contribution in [0.5, 0.6) is 11.5 Å². The van der Waals surface area contributed by atoms with Crippen molar-refractivity contribution in [3.8, 4) is 11.5 Å². The van der Waals surface area contributed by atoms with E-state index in [4.69, 9.17) is 9.47 Å². The molecule has 1 fully saturated rings. The van der Waals surface area contributed by atoms with Crippen molar-refractivity contribution in [1.82, 2.24) is 4.90 Å². The van der Waals surface area contributed by atoms with Crippen LogP contribution >= 0.6 is 11.3 Å². The summed E-state index contributed by atoms with van der Waals surface area (Å²) < 4.78 is 10.9. The molecular formula is C26H30N2O3S. The van der Waals surface area contributed by atoms with E-state index >= 15 is 0 Å². The molecule has 2 heterocycles. The Hall–Kier alpha value is -2.83. The third kappa shape index (κ3) is 4.97. The molecule has 1 aliphatic heterocycles. The lowest BCUT2D eigenvalue weighted by atomic mass is 10.0. The molecule has 5 nitrogen and oxygen atoms in total. The fraction of sp³-hybridized carbons (Fsp3) is 0.346. The second kappa shape index (κ2) is 10.2. The average Bonchev–Trinajstić information content (AvgIpc) is 3.37. The van der Waals surface area contributed by atoms with Gasteiger partial charge in [-0.1, -0.05) is 29.8 Å². The summed E-state index contributed by atoms with van der Waals surface area (Å²) in [6.07, 6.45) is 1.87. The van der Waals surface area contributed by atoms with Gasteiger partial charge in [-0.05, 0) is 49.4 Å². The minimum atomic E-state index is 0.0964. The summed E-state index contributed by atoms with van der Waals surface area (Å²) in [5, 5.41) is 1.96. The number of ether oxygens (including phenoxy) is 2. The quantitative estimate of drug-likeness (QED) is 0.484. The standard InChI is InChI=1S/C26H30N2O3S/c1-19-6-9-21(10-7-19)28(26(29)25-5-4-16-32-25)22-12-14-27(15-13-22)18-20-8-11-23(30-2)17-24(20)31-3/h4-11,16-17,22H,12-15,18H2,1-3H3. The number of hydrogen-bond donors (Lipinski definition) is 0. The molecule has 1 amide bonds. The Balaban J connectivity index is 1.48. The number of anilines is 1. The van der Waals surface area contributed by atoms with Crippen LogP contribution in [-0.2, 0) is 6.54 Å². The summed E-state index contributed by atoms with van der Waals surface area (Å²) in [6.45, 7) is 4.75. The van der Waals surface area contributed by atoms with Crippen LogP contribution < -0.4 is 14.4 Å². The Labute approximate surface area is 194 Å². The predicted molar refractivity (Wildman–Crippen MR) is 130 cm³/mol. The van der Waals surface area contributed by atoms with Crippen LogP contribution in [0.25, 0.3) is 0 Å².